The Labute approximate surface area is 125 Å². The molecular weight excluding hydrogens is 290 g/mol. The third-order valence-corrected chi connectivity index (χ3v) is 4.74. The minimum atomic E-state index is -3.53. The van der Waals surface area contributed by atoms with E-state index in [1.807, 2.05) is 6.92 Å². The number of aryl methyl sites for hydroxylation is 1. The van der Waals surface area contributed by atoms with E-state index in [9.17, 15) is 8.42 Å². The predicted octanol–water partition coefficient (Wildman–Crippen LogP) is 0.796. The van der Waals surface area contributed by atoms with Crippen molar-refractivity contribution in [2.24, 2.45) is 0 Å². The van der Waals surface area contributed by atoms with Gasteiger partial charge in [0.15, 0.2) is 0 Å². The molecule has 1 aromatic carbocycles. The molecule has 0 saturated carbocycles. The van der Waals surface area contributed by atoms with E-state index in [1.54, 1.807) is 18.2 Å². The second kappa shape index (κ2) is 7.05. The number of rotatable bonds is 4. The number of nitrogens with one attached hydrogen (secondary N) is 1. The van der Waals surface area contributed by atoms with E-state index in [1.165, 1.54) is 0 Å². The van der Waals surface area contributed by atoms with Crippen molar-refractivity contribution < 1.29 is 18.3 Å². The molecule has 1 unspecified atom stereocenters. The number of hydrogen-bond donors (Lipinski definition) is 2. The van der Waals surface area contributed by atoms with Gasteiger partial charge in [-0.2, -0.15) is 0 Å². The summed E-state index contributed by atoms with van der Waals surface area (Å²) < 4.78 is 32.4. The number of ether oxygens (including phenoxy) is 1. The van der Waals surface area contributed by atoms with E-state index >= 15 is 0 Å². The maximum Gasteiger partial charge on any atom is 0.240 e. The molecule has 2 N–H and O–H groups in total. The molecule has 0 spiro atoms. The third kappa shape index (κ3) is 4.29. The van der Waals surface area contributed by atoms with Crippen LogP contribution in [0.3, 0.4) is 0 Å². The van der Waals surface area contributed by atoms with Crippen molar-refractivity contribution >= 4 is 10.0 Å². The van der Waals surface area contributed by atoms with Gasteiger partial charge in [0.1, 0.15) is 0 Å². The highest BCUT2D eigenvalue weighted by molar-refractivity contribution is 7.89. The summed E-state index contributed by atoms with van der Waals surface area (Å²) in [6.07, 6.45) is 1.10. The van der Waals surface area contributed by atoms with Gasteiger partial charge in [0.05, 0.1) is 18.1 Å². The zero-order chi connectivity index (χ0) is 15.3. The van der Waals surface area contributed by atoms with Crippen molar-refractivity contribution in [1.29, 1.82) is 0 Å². The molecule has 1 aromatic rings. The molecule has 6 heteroatoms. The molecule has 1 saturated heterocycles. The molecule has 0 radical (unpaired) electrons. The molecule has 0 bridgehead atoms. The van der Waals surface area contributed by atoms with Crippen LogP contribution in [0.5, 0.6) is 0 Å². The molecule has 114 valence electrons. The Balaban J connectivity index is 2.17. The summed E-state index contributed by atoms with van der Waals surface area (Å²) in [5.41, 5.74) is 1.57. The summed E-state index contributed by atoms with van der Waals surface area (Å²) in [5, 5.41) is 8.70. The first-order chi connectivity index (χ1) is 10.0. The standard InChI is InChI=1S/C15H19NO4S/c1-12-10-15(6-5-13(12)4-2-3-8-17)21(18,19)16-14-7-9-20-11-14/h5-6,10,14,16-17H,3,7-9,11H2,1H3. The highest BCUT2D eigenvalue weighted by Crippen LogP contribution is 2.16. The Hall–Kier alpha value is -1.39. The molecule has 5 nitrogen and oxygen atoms in total. The minimum absolute atomic E-state index is 0.0197. The van der Waals surface area contributed by atoms with Gasteiger partial charge in [0.25, 0.3) is 0 Å². The van der Waals surface area contributed by atoms with Crippen LogP contribution in [0.15, 0.2) is 23.1 Å². The molecule has 0 amide bonds. The van der Waals surface area contributed by atoms with Gasteiger partial charge in [-0.25, -0.2) is 13.1 Å². The summed E-state index contributed by atoms with van der Waals surface area (Å²) in [5.74, 6) is 5.75. The number of aliphatic hydroxyl groups excluding tert-OH is 1. The molecule has 2 rings (SSSR count). The fraction of sp³-hybridized carbons (Fsp3) is 0.467. The Bertz CT molecular complexity index is 652. The third-order valence-electron chi connectivity index (χ3n) is 3.22. The van der Waals surface area contributed by atoms with Crippen LogP contribution in [0.25, 0.3) is 0 Å². The van der Waals surface area contributed by atoms with Crippen LogP contribution in [-0.2, 0) is 14.8 Å². The van der Waals surface area contributed by atoms with Crippen molar-refractivity contribution in [3.8, 4) is 11.8 Å². The molecule has 21 heavy (non-hydrogen) atoms. The lowest BCUT2D eigenvalue weighted by Crippen LogP contribution is -2.35. The van der Waals surface area contributed by atoms with Gasteiger partial charge in [0.2, 0.25) is 10.0 Å². The Morgan fingerprint density at radius 3 is 2.90 bits per heavy atom. The Morgan fingerprint density at radius 1 is 1.48 bits per heavy atom. The molecule has 1 atom stereocenters. The van der Waals surface area contributed by atoms with Crippen molar-refractivity contribution in [3.05, 3.63) is 29.3 Å². The van der Waals surface area contributed by atoms with Gasteiger partial charge in [-0.15, -0.1) is 0 Å². The summed E-state index contributed by atoms with van der Waals surface area (Å²) >= 11 is 0. The van der Waals surface area contributed by atoms with E-state index in [-0.39, 0.29) is 17.5 Å². The highest BCUT2D eigenvalue weighted by Gasteiger charge is 2.23. The van der Waals surface area contributed by atoms with Gasteiger partial charge in [-0.1, -0.05) is 11.8 Å². The quantitative estimate of drug-likeness (QED) is 0.807. The Kier molecular flexibility index (Phi) is 5.37. The monoisotopic (exact) mass is 309 g/mol. The summed E-state index contributed by atoms with van der Waals surface area (Å²) in [6.45, 7) is 2.85. The van der Waals surface area contributed by atoms with Crippen molar-refractivity contribution in [3.63, 3.8) is 0 Å². The van der Waals surface area contributed by atoms with Gasteiger partial charge in [0, 0.05) is 24.6 Å². The Morgan fingerprint density at radius 2 is 2.29 bits per heavy atom. The number of aliphatic hydroxyl groups is 1. The smallest absolute Gasteiger partial charge is 0.240 e. The van der Waals surface area contributed by atoms with Crippen molar-refractivity contribution in [1.82, 2.24) is 4.72 Å². The highest BCUT2D eigenvalue weighted by atomic mass is 32.2. The SMILES string of the molecule is Cc1cc(S(=O)(=O)NC2CCOC2)ccc1C#CCCO. The van der Waals surface area contributed by atoms with Crippen molar-refractivity contribution in [2.45, 2.75) is 30.7 Å². The van der Waals surface area contributed by atoms with Crippen LogP contribution in [0.1, 0.15) is 24.0 Å². The molecule has 1 aliphatic rings. The van der Waals surface area contributed by atoms with Crippen LogP contribution >= 0.6 is 0 Å². The van der Waals surface area contributed by atoms with Gasteiger partial charge >= 0.3 is 0 Å². The summed E-state index contributed by atoms with van der Waals surface area (Å²) in [6, 6.07) is 4.70. The van der Waals surface area contributed by atoms with Crippen LogP contribution in [0, 0.1) is 18.8 Å². The lowest BCUT2D eigenvalue weighted by atomic mass is 10.1. The van der Waals surface area contributed by atoms with Crippen molar-refractivity contribution in [2.75, 3.05) is 19.8 Å². The maximum atomic E-state index is 12.3. The molecule has 1 fully saturated rings. The molecule has 1 heterocycles. The average Bonchev–Trinajstić information content (AvgIpc) is 2.93. The molecule has 1 aliphatic heterocycles. The number of hydrogen-bond acceptors (Lipinski definition) is 4. The van der Waals surface area contributed by atoms with Gasteiger partial charge in [-0.3, -0.25) is 0 Å². The average molecular weight is 309 g/mol. The van der Waals surface area contributed by atoms with E-state index < -0.39 is 10.0 Å². The predicted molar refractivity (Wildman–Crippen MR) is 79.3 cm³/mol. The lowest BCUT2D eigenvalue weighted by molar-refractivity contribution is 0.192. The first-order valence-corrected chi connectivity index (χ1v) is 8.32. The first-order valence-electron chi connectivity index (χ1n) is 6.83. The summed E-state index contributed by atoms with van der Waals surface area (Å²) in [4.78, 5) is 0.236. The largest absolute Gasteiger partial charge is 0.395 e. The van der Waals surface area contributed by atoms with E-state index in [0.29, 0.717) is 26.1 Å². The van der Waals surface area contributed by atoms with Crippen LogP contribution < -0.4 is 4.72 Å². The van der Waals surface area contributed by atoms with Crippen LogP contribution in [0.2, 0.25) is 0 Å². The fourth-order valence-corrected chi connectivity index (χ4v) is 3.41. The zero-order valence-electron chi connectivity index (χ0n) is 11.9. The molecule has 0 aromatic heterocycles. The zero-order valence-corrected chi connectivity index (χ0v) is 12.7. The van der Waals surface area contributed by atoms with E-state index in [0.717, 1.165) is 11.1 Å². The van der Waals surface area contributed by atoms with Gasteiger partial charge in [-0.05, 0) is 37.1 Å². The van der Waals surface area contributed by atoms with Crippen LogP contribution in [-0.4, -0.2) is 39.4 Å². The maximum absolute atomic E-state index is 12.3. The second-order valence-electron chi connectivity index (χ2n) is 4.93. The fourth-order valence-electron chi connectivity index (χ4n) is 2.07. The van der Waals surface area contributed by atoms with E-state index in [4.69, 9.17) is 9.84 Å². The molecule has 0 aliphatic carbocycles. The topological polar surface area (TPSA) is 75.6 Å². The van der Waals surface area contributed by atoms with Gasteiger partial charge < -0.3 is 9.84 Å². The second-order valence-corrected chi connectivity index (χ2v) is 6.65. The normalized spacial score (nSPS) is 18.3. The minimum Gasteiger partial charge on any atom is -0.395 e. The van der Waals surface area contributed by atoms with E-state index in [2.05, 4.69) is 16.6 Å². The number of benzene rings is 1. The number of sulfonamides is 1. The van der Waals surface area contributed by atoms with Crippen LogP contribution in [0.4, 0.5) is 0 Å². The lowest BCUT2D eigenvalue weighted by Gasteiger charge is -2.12. The summed E-state index contributed by atoms with van der Waals surface area (Å²) in [7, 11) is -3.53. The molecular formula is C15H19NO4S. The first kappa shape index (κ1) is 16.0.